The van der Waals surface area contributed by atoms with Gasteiger partial charge in [-0.25, -0.2) is 5.84 Å². The molecule has 1 saturated heterocycles. The molecule has 1 aliphatic rings. The summed E-state index contributed by atoms with van der Waals surface area (Å²) in [6.07, 6.45) is 0.499. The maximum absolute atomic E-state index is 11.5. The first-order valence-electron chi connectivity index (χ1n) is 6.56. The smallest absolute Gasteiger partial charge is 0.265 e. The third-order valence-electron chi connectivity index (χ3n) is 3.22. The second kappa shape index (κ2) is 6.14. The summed E-state index contributed by atoms with van der Waals surface area (Å²) in [5, 5.41) is 0. The van der Waals surface area contributed by atoms with Gasteiger partial charge in [-0.1, -0.05) is 12.1 Å². The standard InChI is InChI=1S/C14H21N3O2/c1-10-7-17(8-11(2)19-10)9-12-4-3-5-13(6-12)14(18)16-15/h3-6,10-11H,7-9,15H2,1-2H3,(H,16,18). The lowest BCUT2D eigenvalue weighted by Gasteiger charge is -2.35. The van der Waals surface area contributed by atoms with Crippen LogP contribution in [0, 0.1) is 0 Å². The van der Waals surface area contributed by atoms with Gasteiger partial charge in [-0.2, -0.15) is 0 Å². The number of nitrogen functional groups attached to an aromatic ring is 1. The van der Waals surface area contributed by atoms with Crippen LogP contribution in [0.3, 0.4) is 0 Å². The number of nitrogens with zero attached hydrogens (tertiary/aromatic N) is 1. The molecule has 19 heavy (non-hydrogen) atoms. The molecule has 0 spiro atoms. The van der Waals surface area contributed by atoms with Crippen molar-refractivity contribution in [3.05, 3.63) is 35.4 Å². The second-order valence-electron chi connectivity index (χ2n) is 5.13. The fourth-order valence-electron chi connectivity index (χ4n) is 2.57. The van der Waals surface area contributed by atoms with Gasteiger partial charge >= 0.3 is 0 Å². The molecule has 2 atom stereocenters. The minimum atomic E-state index is -0.259. The number of hydrogen-bond donors (Lipinski definition) is 2. The molecule has 1 heterocycles. The Morgan fingerprint density at radius 3 is 2.74 bits per heavy atom. The molecule has 1 aromatic carbocycles. The molecule has 3 N–H and O–H groups in total. The van der Waals surface area contributed by atoms with Gasteiger partial charge in [-0.3, -0.25) is 15.1 Å². The number of amides is 1. The van der Waals surface area contributed by atoms with E-state index in [0.29, 0.717) is 5.56 Å². The van der Waals surface area contributed by atoms with Crippen molar-refractivity contribution in [3.63, 3.8) is 0 Å². The number of hydrogen-bond acceptors (Lipinski definition) is 4. The summed E-state index contributed by atoms with van der Waals surface area (Å²) >= 11 is 0. The highest BCUT2D eigenvalue weighted by molar-refractivity contribution is 5.93. The maximum Gasteiger partial charge on any atom is 0.265 e. The summed E-state index contributed by atoms with van der Waals surface area (Å²) in [4.78, 5) is 13.8. The zero-order valence-electron chi connectivity index (χ0n) is 11.4. The highest BCUT2D eigenvalue weighted by Crippen LogP contribution is 2.15. The number of rotatable bonds is 3. The molecule has 0 aliphatic carbocycles. The Hall–Kier alpha value is -1.43. The van der Waals surface area contributed by atoms with E-state index in [-0.39, 0.29) is 18.1 Å². The van der Waals surface area contributed by atoms with E-state index in [9.17, 15) is 4.79 Å². The van der Waals surface area contributed by atoms with Gasteiger partial charge in [0.05, 0.1) is 12.2 Å². The summed E-state index contributed by atoms with van der Waals surface area (Å²) in [6, 6.07) is 7.55. The van der Waals surface area contributed by atoms with E-state index >= 15 is 0 Å². The summed E-state index contributed by atoms with van der Waals surface area (Å²) in [5.41, 5.74) is 3.86. The first kappa shape index (κ1) is 14.0. The van der Waals surface area contributed by atoms with Crippen molar-refractivity contribution in [1.82, 2.24) is 10.3 Å². The highest BCUT2D eigenvalue weighted by atomic mass is 16.5. The van der Waals surface area contributed by atoms with Gasteiger partial charge in [0.25, 0.3) is 5.91 Å². The van der Waals surface area contributed by atoms with Gasteiger partial charge < -0.3 is 4.74 Å². The van der Waals surface area contributed by atoms with Gasteiger partial charge in [-0.15, -0.1) is 0 Å². The Kier molecular flexibility index (Phi) is 4.52. The lowest BCUT2D eigenvalue weighted by molar-refractivity contribution is -0.0704. The zero-order chi connectivity index (χ0) is 13.8. The number of nitrogens with one attached hydrogen (secondary N) is 1. The van der Waals surface area contributed by atoms with E-state index < -0.39 is 0 Å². The third kappa shape index (κ3) is 3.76. The van der Waals surface area contributed by atoms with Crippen LogP contribution in [0.15, 0.2) is 24.3 Å². The van der Waals surface area contributed by atoms with Crippen molar-refractivity contribution >= 4 is 5.91 Å². The van der Waals surface area contributed by atoms with Gasteiger partial charge in [0.1, 0.15) is 0 Å². The van der Waals surface area contributed by atoms with Crippen molar-refractivity contribution in [2.75, 3.05) is 13.1 Å². The average Bonchev–Trinajstić information content (AvgIpc) is 2.37. The van der Waals surface area contributed by atoms with Crippen LogP contribution < -0.4 is 11.3 Å². The number of morpholine rings is 1. The van der Waals surface area contributed by atoms with Gasteiger partial charge in [0.2, 0.25) is 0 Å². The Morgan fingerprint density at radius 2 is 2.11 bits per heavy atom. The molecule has 0 bridgehead atoms. The Balaban J connectivity index is 2.04. The first-order valence-corrected chi connectivity index (χ1v) is 6.56. The average molecular weight is 263 g/mol. The van der Waals surface area contributed by atoms with E-state index in [2.05, 4.69) is 24.2 Å². The molecule has 1 aliphatic heterocycles. The van der Waals surface area contributed by atoms with Crippen molar-refractivity contribution in [1.29, 1.82) is 0 Å². The van der Waals surface area contributed by atoms with E-state index in [4.69, 9.17) is 10.6 Å². The van der Waals surface area contributed by atoms with E-state index in [1.807, 2.05) is 18.2 Å². The fraction of sp³-hybridized carbons (Fsp3) is 0.500. The van der Waals surface area contributed by atoms with Crippen LogP contribution in [-0.2, 0) is 11.3 Å². The Bertz CT molecular complexity index is 440. The van der Waals surface area contributed by atoms with Gasteiger partial charge in [-0.05, 0) is 31.5 Å². The van der Waals surface area contributed by atoms with Crippen molar-refractivity contribution < 1.29 is 9.53 Å². The molecule has 1 aromatic rings. The largest absolute Gasteiger partial charge is 0.373 e. The molecule has 104 valence electrons. The SMILES string of the molecule is CC1CN(Cc2cccc(C(=O)NN)c2)CC(C)O1. The van der Waals surface area contributed by atoms with Crippen LogP contribution in [0.4, 0.5) is 0 Å². The minimum absolute atomic E-state index is 0.249. The van der Waals surface area contributed by atoms with Crippen molar-refractivity contribution in [2.45, 2.75) is 32.6 Å². The van der Waals surface area contributed by atoms with Crippen LogP contribution in [0.5, 0.6) is 0 Å². The van der Waals surface area contributed by atoms with Crippen LogP contribution in [0.1, 0.15) is 29.8 Å². The number of ether oxygens (including phenoxy) is 1. The molecule has 1 fully saturated rings. The van der Waals surface area contributed by atoms with Crippen LogP contribution >= 0.6 is 0 Å². The Labute approximate surface area is 113 Å². The molecule has 5 heteroatoms. The van der Waals surface area contributed by atoms with Crippen molar-refractivity contribution in [2.24, 2.45) is 5.84 Å². The fourth-order valence-corrected chi connectivity index (χ4v) is 2.57. The van der Waals surface area contributed by atoms with E-state index in [0.717, 1.165) is 25.2 Å². The highest BCUT2D eigenvalue weighted by Gasteiger charge is 2.22. The van der Waals surface area contributed by atoms with Crippen LogP contribution in [-0.4, -0.2) is 36.1 Å². The van der Waals surface area contributed by atoms with Gasteiger partial charge in [0.15, 0.2) is 0 Å². The third-order valence-corrected chi connectivity index (χ3v) is 3.22. The molecule has 2 unspecified atom stereocenters. The Morgan fingerprint density at radius 1 is 1.42 bits per heavy atom. The molecule has 1 amide bonds. The summed E-state index contributed by atoms with van der Waals surface area (Å²) < 4.78 is 5.71. The molecule has 0 saturated carbocycles. The topological polar surface area (TPSA) is 67.6 Å². The first-order chi connectivity index (χ1) is 9.08. The number of carbonyl (C=O) groups is 1. The number of hydrazine groups is 1. The maximum atomic E-state index is 11.5. The molecule has 5 nitrogen and oxygen atoms in total. The predicted molar refractivity (Wildman–Crippen MR) is 73.4 cm³/mol. The molecular weight excluding hydrogens is 242 g/mol. The summed E-state index contributed by atoms with van der Waals surface area (Å²) in [5.74, 6) is 4.89. The number of carbonyl (C=O) groups excluding carboxylic acids is 1. The quantitative estimate of drug-likeness (QED) is 0.483. The molecular formula is C14H21N3O2. The van der Waals surface area contributed by atoms with Gasteiger partial charge in [0, 0.05) is 25.2 Å². The number of nitrogens with two attached hydrogens (primary N) is 1. The van der Waals surface area contributed by atoms with Crippen molar-refractivity contribution in [3.8, 4) is 0 Å². The molecule has 2 rings (SSSR count). The van der Waals surface area contributed by atoms with E-state index in [1.165, 1.54) is 0 Å². The second-order valence-corrected chi connectivity index (χ2v) is 5.13. The van der Waals surface area contributed by atoms with Crippen LogP contribution in [0.2, 0.25) is 0 Å². The lowest BCUT2D eigenvalue weighted by Crippen LogP contribution is -2.44. The summed E-state index contributed by atoms with van der Waals surface area (Å²) in [6.45, 7) is 6.82. The zero-order valence-corrected chi connectivity index (χ0v) is 11.4. The van der Waals surface area contributed by atoms with E-state index in [1.54, 1.807) is 6.07 Å². The molecule has 0 aromatic heterocycles. The number of benzene rings is 1. The predicted octanol–water partition coefficient (Wildman–Crippen LogP) is 0.899. The lowest BCUT2D eigenvalue weighted by atomic mass is 10.1. The normalized spacial score (nSPS) is 24.2. The summed E-state index contributed by atoms with van der Waals surface area (Å²) in [7, 11) is 0. The van der Waals surface area contributed by atoms with Crippen LogP contribution in [0.25, 0.3) is 0 Å². The minimum Gasteiger partial charge on any atom is -0.373 e. The molecule has 0 radical (unpaired) electrons. The monoisotopic (exact) mass is 263 g/mol.